The van der Waals surface area contributed by atoms with Crippen LogP contribution in [-0.4, -0.2) is 17.2 Å². The van der Waals surface area contributed by atoms with E-state index in [0.29, 0.717) is 0 Å². The van der Waals surface area contributed by atoms with Crippen LogP contribution in [-0.2, 0) is 0 Å². The molecule has 0 amide bonds. The smallest absolute Gasteiger partial charge is 0.424 e. The Morgan fingerprint density at radius 1 is 1.38 bits per heavy atom. The highest BCUT2D eigenvalue weighted by Crippen LogP contribution is 2.11. The molecule has 0 atom stereocenters. The normalized spacial score (nSPS) is 10.8. The van der Waals surface area contributed by atoms with Gasteiger partial charge in [0.15, 0.2) is 0 Å². The van der Waals surface area contributed by atoms with Crippen LogP contribution in [0.5, 0.6) is 0 Å². The van der Waals surface area contributed by atoms with E-state index >= 15 is 0 Å². The molecule has 0 radical (unpaired) electrons. The second kappa shape index (κ2) is 4.21. The Bertz CT molecular complexity index is 323. The molecule has 0 aliphatic carbocycles. The first-order valence-corrected chi connectivity index (χ1v) is 3.90. The van der Waals surface area contributed by atoms with E-state index in [2.05, 4.69) is 0 Å². The first kappa shape index (κ1) is 9.96. The number of benzene rings is 1. The van der Waals surface area contributed by atoms with Crippen LogP contribution < -0.4 is 0 Å². The molecule has 0 fully saturated rings. The number of hydrogen-bond acceptors (Lipinski definition) is 2. The second-order valence-electron chi connectivity index (χ2n) is 2.77. The Balaban J connectivity index is 2.90. The summed E-state index contributed by atoms with van der Waals surface area (Å²) in [5, 5.41) is 17.1. The molecule has 0 bridgehead atoms. The van der Waals surface area contributed by atoms with Crippen LogP contribution in [0.15, 0.2) is 24.2 Å². The van der Waals surface area contributed by atoms with Crippen molar-refractivity contribution in [1.29, 1.82) is 0 Å². The van der Waals surface area contributed by atoms with Gasteiger partial charge in [0.25, 0.3) is 0 Å². The van der Waals surface area contributed by atoms with Gasteiger partial charge in [0.2, 0.25) is 0 Å². The Hall–Kier alpha value is -1.13. The van der Waals surface area contributed by atoms with Crippen LogP contribution in [0.4, 0.5) is 4.39 Å². The van der Waals surface area contributed by atoms with E-state index in [-0.39, 0.29) is 5.82 Å². The summed E-state index contributed by atoms with van der Waals surface area (Å²) >= 11 is 0. The highest BCUT2D eigenvalue weighted by atomic mass is 19.1. The molecular weight excluding hydrogens is 170 g/mol. The maximum Gasteiger partial charge on any atom is 0.480 e. The van der Waals surface area contributed by atoms with Crippen LogP contribution in [0, 0.1) is 12.7 Å². The van der Waals surface area contributed by atoms with Crippen LogP contribution >= 0.6 is 0 Å². The van der Waals surface area contributed by atoms with Crippen molar-refractivity contribution in [3.8, 4) is 0 Å². The third kappa shape index (κ3) is 3.01. The molecule has 68 valence electrons. The number of aryl methyl sites for hydroxylation is 1. The predicted molar refractivity (Wildman–Crippen MR) is 50.4 cm³/mol. The number of hydrogen-bond donors (Lipinski definition) is 2. The molecule has 0 aliphatic heterocycles. The van der Waals surface area contributed by atoms with E-state index in [9.17, 15) is 4.39 Å². The van der Waals surface area contributed by atoms with Gasteiger partial charge in [0.1, 0.15) is 5.82 Å². The monoisotopic (exact) mass is 180 g/mol. The van der Waals surface area contributed by atoms with Gasteiger partial charge in [-0.2, -0.15) is 0 Å². The lowest BCUT2D eigenvalue weighted by molar-refractivity contribution is 0.424. The van der Waals surface area contributed by atoms with Crippen LogP contribution in [0.1, 0.15) is 11.1 Å². The van der Waals surface area contributed by atoms with Crippen molar-refractivity contribution < 1.29 is 14.4 Å². The highest BCUT2D eigenvalue weighted by molar-refractivity contribution is 6.48. The molecule has 0 unspecified atom stereocenters. The highest BCUT2D eigenvalue weighted by Gasteiger charge is 2.00. The molecule has 0 aromatic heterocycles. The van der Waals surface area contributed by atoms with Gasteiger partial charge in [0.05, 0.1) is 0 Å². The summed E-state index contributed by atoms with van der Waals surface area (Å²) in [6.07, 6.45) is 1.54. The minimum Gasteiger partial charge on any atom is -0.424 e. The third-order valence-electron chi connectivity index (χ3n) is 1.68. The van der Waals surface area contributed by atoms with Gasteiger partial charge in [-0.15, -0.1) is 0 Å². The fourth-order valence-electron chi connectivity index (χ4n) is 1.02. The zero-order valence-electron chi connectivity index (χ0n) is 7.24. The van der Waals surface area contributed by atoms with Gasteiger partial charge < -0.3 is 10.0 Å². The van der Waals surface area contributed by atoms with Gasteiger partial charge in [-0.3, -0.25) is 0 Å². The molecule has 2 N–H and O–H groups in total. The van der Waals surface area contributed by atoms with E-state index in [0.717, 1.165) is 11.1 Å². The Morgan fingerprint density at radius 3 is 2.62 bits per heavy atom. The lowest BCUT2D eigenvalue weighted by atomic mass is 9.90. The molecular formula is C9H10BFO2. The summed E-state index contributed by atoms with van der Waals surface area (Å²) < 4.78 is 12.6. The minimum absolute atomic E-state index is 0.292. The minimum atomic E-state index is -1.47. The van der Waals surface area contributed by atoms with Gasteiger partial charge in [-0.05, 0) is 30.2 Å². The summed E-state index contributed by atoms with van der Waals surface area (Å²) in [5.74, 6) is 0.930. The van der Waals surface area contributed by atoms with Gasteiger partial charge in [0, 0.05) is 0 Å². The zero-order valence-corrected chi connectivity index (χ0v) is 7.24. The zero-order chi connectivity index (χ0) is 9.84. The average Bonchev–Trinajstić information content (AvgIpc) is 2.02. The van der Waals surface area contributed by atoms with E-state index < -0.39 is 7.12 Å². The first-order valence-electron chi connectivity index (χ1n) is 3.90. The largest absolute Gasteiger partial charge is 0.480 e. The van der Waals surface area contributed by atoms with E-state index in [1.54, 1.807) is 19.1 Å². The molecule has 0 saturated carbocycles. The Morgan fingerprint density at radius 2 is 2.08 bits per heavy atom. The maximum absolute atomic E-state index is 12.6. The molecule has 0 heterocycles. The second-order valence-corrected chi connectivity index (χ2v) is 2.77. The van der Waals surface area contributed by atoms with Crippen molar-refractivity contribution in [2.24, 2.45) is 0 Å². The molecule has 13 heavy (non-hydrogen) atoms. The standard InChI is InChI=1S/C9H10BFO2/c1-7-6-9(11)3-2-8(7)4-5-10(12)13/h2-6,12-13H,1H3/b5-4+. The average molecular weight is 180 g/mol. The molecule has 1 rings (SSSR count). The fourth-order valence-corrected chi connectivity index (χ4v) is 1.02. The summed E-state index contributed by atoms with van der Waals surface area (Å²) in [6.45, 7) is 1.76. The molecule has 0 saturated heterocycles. The van der Waals surface area contributed by atoms with Gasteiger partial charge in [-0.1, -0.05) is 18.1 Å². The summed E-state index contributed by atoms with van der Waals surface area (Å²) in [7, 11) is -1.47. The lowest BCUT2D eigenvalue weighted by Gasteiger charge is -1.99. The van der Waals surface area contributed by atoms with Crippen molar-refractivity contribution in [2.45, 2.75) is 6.92 Å². The summed E-state index contributed by atoms with van der Waals surface area (Å²) in [6, 6.07) is 4.31. The lowest BCUT2D eigenvalue weighted by Crippen LogP contribution is -2.05. The van der Waals surface area contributed by atoms with Crippen LogP contribution in [0.3, 0.4) is 0 Å². The van der Waals surface area contributed by atoms with Crippen LogP contribution in [0.25, 0.3) is 6.08 Å². The predicted octanol–water partition coefficient (Wildman–Crippen LogP) is 1.16. The number of halogens is 1. The third-order valence-corrected chi connectivity index (χ3v) is 1.68. The van der Waals surface area contributed by atoms with Crippen molar-refractivity contribution in [3.05, 3.63) is 41.1 Å². The molecule has 0 spiro atoms. The van der Waals surface area contributed by atoms with Crippen molar-refractivity contribution in [3.63, 3.8) is 0 Å². The SMILES string of the molecule is Cc1cc(F)ccc1/C=C/B(O)O. The van der Waals surface area contributed by atoms with E-state index in [4.69, 9.17) is 10.0 Å². The molecule has 1 aromatic rings. The summed E-state index contributed by atoms with van der Waals surface area (Å²) in [5.41, 5.74) is 1.53. The van der Waals surface area contributed by atoms with Gasteiger partial charge >= 0.3 is 7.12 Å². The molecule has 4 heteroatoms. The van der Waals surface area contributed by atoms with Crippen molar-refractivity contribution in [1.82, 2.24) is 0 Å². The summed E-state index contributed by atoms with van der Waals surface area (Å²) in [4.78, 5) is 0. The fraction of sp³-hybridized carbons (Fsp3) is 0.111. The van der Waals surface area contributed by atoms with Crippen molar-refractivity contribution in [2.75, 3.05) is 0 Å². The van der Waals surface area contributed by atoms with E-state index in [1.807, 2.05) is 0 Å². The molecule has 0 aliphatic rings. The molecule has 1 aromatic carbocycles. The number of rotatable bonds is 2. The van der Waals surface area contributed by atoms with Gasteiger partial charge in [-0.25, -0.2) is 4.39 Å². The van der Waals surface area contributed by atoms with Crippen molar-refractivity contribution >= 4 is 13.2 Å². The molecule has 2 nitrogen and oxygen atoms in total. The van der Waals surface area contributed by atoms with Crippen LogP contribution in [0.2, 0.25) is 0 Å². The first-order chi connectivity index (χ1) is 6.09. The quantitative estimate of drug-likeness (QED) is 0.670. The van der Waals surface area contributed by atoms with E-state index in [1.165, 1.54) is 18.1 Å². The Kier molecular flexibility index (Phi) is 3.22. The topological polar surface area (TPSA) is 40.5 Å². The maximum atomic E-state index is 12.6. The Labute approximate surface area is 76.5 Å².